The van der Waals surface area contributed by atoms with Crippen LogP contribution in [-0.2, 0) is 6.54 Å². The molecule has 0 bridgehead atoms. The van der Waals surface area contributed by atoms with Gasteiger partial charge in [0, 0.05) is 35.6 Å². The van der Waals surface area contributed by atoms with Gasteiger partial charge in [-0.05, 0) is 69.5 Å². The van der Waals surface area contributed by atoms with Crippen LogP contribution in [0.25, 0.3) is 10.9 Å². The second kappa shape index (κ2) is 7.18. The number of aromatic nitrogens is 1. The van der Waals surface area contributed by atoms with Crippen LogP contribution >= 0.6 is 0 Å². The van der Waals surface area contributed by atoms with E-state index in [1.807, 2.05) is 31.2 Å². The van der Waals surface area contributed by atoms with Gasteiger partial charge in [0.05, 0.1) is 6.61 Å². The molecule has 1 aromatic heterocycles. The molecule has 5 heteroatoms. The molecule has 2 aliphatic heterocycles. The van der Waals surface area contributed by atoms with E-state index in [2.05, 4.69) is 15.2 Å². The van der Waals surface area contributed by atoms with Crippen molar-refractivity contribution in [3.63, 3.8) is 0 Å². The first-order chi connectivity index (χ1) is 12.2. The average molecular weight is 341 g/mol. The van der Waals surface area contributed by atoms with Crippen molar-refractivity contribution >= 4 is 10.9 Å². The molecule has 5 nitrogen and oxygen atoms in total. The fourth-order valence-electron chi connectivity index (χ4n) is 4.31. The van der Waals surface area contributed by atoms with E-state index < -0.39 is 0 Å². The molecule has 2 saturated heterocycles. The molecule has 0 unspecified atom stereocenters. The number of H-pyrrole nitrogens is 1. The van der Waals surface area contributed by atoms with Gasteiger partial charge in [0.1, 0.15) is 5.75 Å². The van der Waals surface area contributed by atoms with Crippen molar-refractivity contribution in [2.24, 2.45) is 5.92 Å². The fourth-order valence-corrected chi connectivity index (χ4v) is 4.31. The van der Waals surface area contributed by atoms with Gasteiger partial charge in [-0.3, -0.25) is 9.69 Å². The van der Waals surface area contributed by atoms with Gasteiger partial charge in [0.25, 0.3) is 5.56 Å². The van der Waals surface area contributed by atoms with E-state index in [-0.39, 0.29) is 5.56 Å². The molecule has 0 saturated carbocycles. The van der Waals surface area contributed by atoms with Crippen LogP contribution in [0.1, 0.15) is 31.7 Å². The molecule has 2 aromatic rings. The van der Waals surface area contributed by atoms with E-state index in [1.54, 1.807) is 0 Å². The number of ether oxygens (including phenoxy) is 1. The lowest BCUT2D eigenvalue weighted by atomic mass is 9.85. The molecular formula is C20H27N3O2. The number of rotatable bonds is 4. The number of likely N-dealkylation sites (tertiary alicyclic amines) is 1. The summed E-state index contributed by atoms with van der Waals surface area (Å²) < 4.78 is 5.58. The largest absolute Gasteiger partial charge is 0.494 e. The van der Waals surface area contributed by atoms with Crippen molar-refractivity contribution in [1.29, 1.82) is 0 Å². The minimum absolute atomic E-state index is 0.0283. The van der Waals surface area contributed by atoms with Crippen molar-refractivity contribution < 1.29 is 4.74 Å². The molecule has 0 spiro atoms. The van der Waals surface area contributed by atoms with Crippen molar-refractivity contribution in [1.82, 2.24) is 15.2 Å². The zero-order chi connectivity index (χ0) is 17.2. The molecule has 2 fully saturated rings. The molecule has 25 heavy (non-hydrogen) atoms. The summed E-state index contributed by atoms with van der Waals surface area (Å²) in [5.41, 5.74) is 1.75. The van der Waals surface area contributed by atoms with Crippen molar-refractivity contribution in [2.45, 2.75) is 38.8 Å². The standard InChI is InChI=1S/C20H27N3O2/c1-2-25-17-5-6-19-15(11-17)10-16(20(24)22-19)13-23-9-7-18-14(12-23)4-3-8-21-18/h5-6,10-11,14,18,21H,2-4,7-9,12-13H2,1H3,(H,22,24)/t14-,18+/m1/s1. The van der Waals surface area contributed by atoms with Gasteiger partial charge in [0.2, 0.25) is 0 Å². The predicted octanol–water partition coefficient (Wildman–Crippen LogP) is 2.50. The predicted molar refractivity (Wildman–Crippen MR) is 100 cm³/mol. The van der Waals surface area contributed by atoms with E-state index in [0.717, 1.165) is 54.3 Å². The first kappa shape index (κ1) is 16.6. The molecule has 1 aromatic carbocycles. The number of benzene rings is 1. The topological polar surface area (TPSA) is 57.4 Å². The second-order valence-electron chi connectivity index (χ2n) is 7.29. The lowest BCUT2D eigenvalue weighted by molar-refractivity contribution is 0.108. The Labute approximate surface area is 148 Å². The fraction of sp³-hybridized carbons (Fsp3) is 0.550. The normalized spacial score (nSPS) is 24.2. The van der Waals surface area contributed by atoms with Crippen LogP contribution in [0.2, 0.25) is 0 Å². The molecule has 134 valence electrons. The number of nitrogens with one attached hydrogen (secondary N) is 2. The molecular weight excluding hydrogens is 314 g/mol. The van der Waals surface area contributed by atoms with Gasteiger partial charge < -0.3 is 15.0 Å². The highest BCUT2D eigenvalue weighted by Gasteiger charge is 2.31. The lowest BCUT2D eigenvalue weighted by Crippen LogP contribution is -2.52. The summed E-state index contributed by atoms with van der Waals surface area (Å²) in [7, 11) is 0. The van der Waals surface area contributed by atoms with Crippen LogP contribution in [0.5, 0.6) is 5.75 Å². The minimum atomic E-state index is 0.0283. The van der Waals surface area contributed by atoms with Crippen molar-refractivity contribution in [2.75, 3.05) is 26.2 Å². The van der Waals surface area contributed by atoms with Crippen LogP contribution in [0.4, 0.5) is 0 Å². The number of pyridine rings is 1. The molecule has 2 N–H and O–H groups in total. The smallest absolute Gasteiger partial charge is 0.252 e. The Morgan fingerprint density at radius 3 is 3.08 bits per heavy atom. The molecule has 2 atom stereocenters. The SMILES string of the molecule is CCOc1ccc2[nH]c(=O)c(CN3CC[C@@H]4NCCC[C@@H]4C3)cc2c1. The van der Waals surface area contributed by atoms with E-state index in [4.69, 9.17) is 4.74 Å². The van der Waals surface area contributed by atoms with Gasteiger partial charge >= 0.3 is 0 Å². The average Bonchev–Trinajstić information content (AvgIpc) is 2.63. The highest BCUT2D eigenvalue weighted by atomic mass is 16.5. The zero-order valence-corrected chi connectivity index (χ0v) is 14.9. The highest BCUT2D eigenvalue weighted by molar-refractivity contribution is 5.80. The molecule has 0 amide bonds. The van der Waals surface area contributed by atoms with Crippen LogP contribution in [0.15, 0.2) is 29.1 Å². The van der Waals surface area contributed by atoms with E-state index in [9.17, 15) is 4.79 Å². The van der Waals surface area contributed by atoms with E-state index >= 15 is 0 Å². The first-order valence-corrected chi connectivity index (χ1v) is 9.47. The molecule has 0 radical (unpaired) electrons. The number of fused-ring (bicyclic) bond motifs is 2. The Morgan fingerprint density at radius 2 is 2.20 bits per heavy atom. The minimum Gasteiger partial charge on any atom is -0.494 e. The summed E-state index contributed by atoms with van der Waals surface area (Å²) >= 11 is 0. The van der Waals surface area contributed by atoms with Gasteiger partial charge in [-0.25, -0.2) is 0 Å². The maximum absolute atomic E-state index is 12.5. The molecule has 0 aliphatic carbocycles. The Morgan fingerprint density at radius 1 is 1.28 bits per heavy atom. The first-order valence-electron chi connectivity index (χ1n) is 9.47. The van der Waals surface area contributed by atoms with Crippen LogP contribution in [0, 0.1) is 5.92 Å². The maximum Gasteiger partial charge on any atom is 0.252 e. The quantitative estimate of drug-likeness (QED) is 0.897. The van der Waals surface area contributed by atoms with Gasteiger partial charge in [0.15, 0.2) is 0 Å². The summed E-state index contributed by atoms with van der Waals surface area (Å²) in [5, 5.41) is 4.69. The highest BCUT2D eigenvalue weighted by Crippen LogP contribution is 2.26. The maximum atomic E-state index is 12.5. The van der Waals surface area contributed by atoms with Crippen molar-refractivity contribution in [3.8, 4) is 5.75 Å². The summed E-state index contributed by atoms with van der Waals surface area (Å²) in [4.78, 5) is 17.9. The number of aromatic amines is 1. The second-order valence-corrected chi connectivity index (χ2v) is 7.29. The van der Waals surface area contributed by atoms with Gasteiger partial charge in [-0.1, -0.05) is 0 Å². The van der Waals surface area contributed by atoms with Crippen molar-refractivity contribution in [3.05, 3.63) is 40.2 Å². The van der Waals surface area contributed by atoms with Crippen LogP contribution in [0.3, 0.4) is 0 Å². The summed E-state index contributed by atoms with van der Waals surface area (Å²) in [5.74, 6) is 1.58. The summed E-state index contributed by atoms with van der Waals surface area (Å²) in [6, 6.07) is 8.54. The lowest BCUT2D eigenvalue weighted by Gasteiger charge is -2.41. The number of piperidine rings is 2. The Balaban J connectivity index is 1.54. The third-order valence-corrected chi connectivity index (χ3v) is 5.57. The van der Waals surface area contributed by atoms with Crippen LogP contribution < -0.4 is 15.6 Å². The van der Waals surface area contributed by atoms with Crippen LogP contribution in [-0.4, -0.2) is 42.2 Å². The third kappa shape index (κ3) is 3.58. The van der Waals surface area contributed by atoms with E-state index in [0.29, 0.717) is 12.6 Å². The Hall–Kier alpha value is -1.85. The molecule has 3 heterocycles. The van der Waals surface area contributed by atoms with E-state index in [1.165, 1.54) is 19.3 Å². The molecule has 4 rings (SSSR count). The Kier molecular flexibility index (Phi) is 4.77. The Bertz CT molecular complexity index is 801. The molecule has 2 aliphatic rings. The summed E-state index contributed by atoms with van der Waals surface area (Å²) in [6.07, 6.45) is 3.76. The third-order valence-electron chi connectivity index (χ3n) is 5.57. The summed E-state index contributed by atoms with van der Waals surface area (Å²) in [6.45, 7) is 6.66. The van der Waals surface area contributed by atoms with Gasteiger partial charge in [-0.15, -0.1) is 0 Å². The zero-order valence-electron chi connectivity index (χ0n) is 14.9. The monoisotopic (exact) mass is 341 g/mol. The number of nitrogens with zero attached hydrogens (tertiary/aromatic N) is 1. The number of hydrogen-bond acceptors (Lipinski definition) is 4. The number of hydrogen-bond donors (Lipinski definition) is 2. The van der Waals surface area contributed by atoms with Gasteiger partial charge in [-0.2, -0.15) is 0 Å².